The molecule has 0 amide bonds. The van der Waals surface area contributed by atoms with Gasteiger partial charge < -0.3 is 24.5 Å². The summed E-state index contributed by atoms with van der Waals surface area (Å²) in [5.74, 6) is 0.569. The number of para-hydroxylation sites is 1. The summed E-state index contributed by atoms with van der Waals surface area (Å²) in [6, 6.07) is 21.9. The van der Waals surface area contributed by atoms with E-state index in [0.717, 1.165) is 39.1 Å². The van der Waals surface area contributed by atoms with Gasteiger partial charge in [0.25, 0.3) is 0 Å². The van der Waals surface area contributed by atoms with Gasteiger partial charge in [-0.05, 0) is 36.2 Å². The van der Waals surface area contributed by atoms with Crippen molar-refractivity contribution >= 4 is 16.9 Å². The molecule has 0 bridgehead atoms. The van der Waals surface area contributed by atoms with Crippen LogP contribution >= 0.6 is 0 Å². The van der Waals surface area contributed by atoms with Crippen molar-refractivity contribution in [1.29, 1.82) is 0 Å². The van der Waals surface area contributed by atoms with Crippen LogP contribution in [-0.2, 0) is 19.6 Å². The average Bonchev–Trinajstić information content (AvgIpc) is 3.38. The Morgan fingerprint density at radius 3 is 2.53 bits per heavy atom. The first-order valence-electron chi connectivity index (χ1n) is 10.6. The number of fused-ring (bicyclic) bond motifs is 2. The van der Waals surface area contributed by atoms with E-state index in [0.29, 0.717) is 25.3 Å². The Hall–Kier alpha value is -3.77. The Bertz CT molecular complexity index is 1290. The molecule has 0 radical (unpaired) electrons. The maximum Gasteiger partial charge on any atom is 0.352 e. The monoisotopic (exact) mass is 428 g/mol. The predicted octanol–water partition coefficient (Wildman–Crippen LogP) is 4.71. The summed E-state index contributed by atoms with van der Waals surface area (Å²) in [5.41, 5.74) is 5.34. The molecule has 32 heavy (non-hydrogen) atoms. The van der Waals surface area contributed by atoms with Crippen LogP contribution < -0.4 is 14.8 Å². The van der Waals surface area contributed by atoms with Crippen LogP contribution in [0.25, 0.3) is 10.9 Å². The molecular formula is C26H24N2O4. The first-order valence-corrected chi connectivity index (χ1v) is 10.6. The van der Waals surface area contributed by atoms with Gasteiger partial charge in [-0.15, -0.1) is 0 Å². The minimum atomic E-state index is -0.923. The first-order chi connectivity index (χ1) is 15.6. The summed E-state index contributed by atoms with van der Waals surface area (Å²) in [6.45, 7) is 3.82. The molecule has 0 unspecified atom stereocenters. The van der Waals surface area contributed by atoms with Crippen molar-refractivity contribution in [3.63, 3.8) is 0 Å². The van der Waals surface area contributed by atoms with E-state index in [-0.39, 0.29) is 6.79 Å². The van der Waals surface area contributed by atoms with Crippen LogP contribution in [0.2, 0.25) is 0 Å². The number of aromatic nitrogens is 1. The van der Waals surface area contributed by atoms with Gasteiger partial charge >= 0.3 is 5.97 Å². The van der Waals surface area contributed by atoms with Crippen molar-refractivity contribution in [2.24, 2.45) is 0 Å². The minimum Gasteiger partial charge on any atom is -0.477 e. The number of carboxylic acid groups (broad SMARTS) is 1. The SMILES string of the molecule is Cc1ccc(Cn2c(C(=O)O)c(CNCc3ccc4c(c3)OCO4)c3ccccc32)cc1. The van der Waals surface area contributed by atoms with E-state index in [1.54, 1.807) is 0 Å². The third-order valence-electron chi connectivity index (χ3n) is 5.81. The van der Waals surface area contributed by atoms with E-state index in [9.17, 15) is 9.90 Å². The quantitative estimate of drug-likeness (QED) is 0.446. The van der Waals surface area contributed by atoms with Gasteiger partial charge in [0.1, 0.15) is 5.69 Å². The Kier molecular flexibility index (Phi) is 5.29. The fourth-order valence-corrected chi connectivity index (χ4v) is 4.22. The van der Waals surface area contributed by atoms with Crippen molar-refractivity contribution in [2.45, 2.75) is 26.6 Å². The lowest BCUT2D eigenvalue weighted by Crippen LogP contribution is -2.17. The molecule has 0 fully saturated rings. The molecule has 162 valence electrons. The number of hydrogen-bond donors (Lipinski definition) is 2. The summed E-state index contributed by atoms with van der Waals surface area (Å²) >= 11 is 0. The van der Waals surface area contributed by atoms with Gasteiger partial charge in [0.15, 0.2) is 11.5 Å². The van der Waals surface area contributed by atoms with Gasteiger partial charge in [-0.25, -0.2) is 4.79 Å². The highest BCUT2D eigenvalue weighted by Gasteiger charge is 2.22. The molecule has 0 saturated carbocycles. The van der Waals surface area contributed by atoms with Gasteiger partial charge in [-0.1, -0.05) is 54.1 Å². The number of nitrogens with one attached hydrogen (secondary N) is 1. The number of ether oxygens (including phenoxy) is 2. The normalized spacial score (nSPS) is 12.4. The van der Waals surface area contributed by atoms with Crippen LogP contribution in [0.5, 0.6) is 11.5 Å². The molecule has 0 aliphatic carbocycles. The van der Waals surface area contributed by atoms with Gasteiger partial charge in [-0.3, -0.25) is 0 Å². The minimum absolute atomic E-state index is 0.245. The second kappa shape index (κ2) is 8.40. The Balaban J connectivity index is 1.44. The summed E-state index contributed by atoms with van der Waals surface area (Å²) < 4.78 is 12.7. The summed E-state index contributed by atoms with van der Waals surface area (Å²) in [5, 5.41) is 14.5. The molecule has 6 nitrogen and oxygen atoms in total. The molecular weight excluding hydrogens is 404 g/mol. The average molecular weight is 428 g/mol. The Morgan fingerprint density at radius 1 is 0.969 bits per heavy atom. The zero-order valence-electron chi connectivity index (χ0n) is 17.8. The molecule has 1 aliphatic heterocycles. The van der Waals surface area contributed by atoms with Crippen LogP contribution in [0, 0.1) is 6.92 Å². The van der Waals surface area contributed by atoms with Crippen LogP contribution in [0.4, 0.5) is 0 Å². The number of nitrogens with zero attached hydrogens (tertiary/aromatic N) is 1. The van der Waals surface area contributed by atoms with Crippen molar-refractivity contribution in [2.75, 3.05) is 6.79 Å². The maximum absolute atomic E-state index is 12.3. The lowest BCUT2D eigenvalue weighted by atomic mass is 10.1. The standard InChI is InChI=1S/C26H24N2O4/c1-17-6-8-18(9-7-17)15-28-22-5-3-2-4-20(22)21(25(28)26(29)30)14-27-13-19-10-11-23-24(12-19)32-16-31-23/h2-12,27H,13-16H2,1H3,(H,29,30). The van der Waals surface area contributed by atoms with Gasteiger partial charge in [0.05, 0.1) is 0 Å². The Labute approximate surface area is 186 Å². The van der Waals surface area contributed by atoms with Gasteiger partial charge in [-0.2, -0.15) is 0 Å². The molecule has 4 aromatic rings. The number of carboxylic acids is 1. The second-order valence-corrected chi connectivity index (χ2v) is 8.01. The van der Waals surface area contributed by atoms with Crippen molar-refractivity contribution in [3.8, 4) is 11.5 Å². The zero-order valence-corrected chi connectivity index (χ0v) is 17.8. The van der Waals surface area contributed by atoms with Crippen LogP contribution in [0.1, 0.15) is 32.7 Å². The smallest absolute Gasteiger partial charge is 0.352 e. The summed E-state index contributed by atoms with van der Waals surface area (Å²) in [6.07, 6.45) is 0. The van der Waals surface area contributed by atoms with E-state index in [1.165, 1.54) is 5.56 Å². The molecule has 1 aliphatic rings. The lowest BCUT2D eigenvalue weighted by Gasteiger charge is -2.10. The van der Waals surface area contributed by atoms with Crippen LogP contribution in [0.15, 0.2) is 66.7 Å². The van der Waals surface area contributed by atoms with Crippen LogP contribution in [0.3, 0.4) is 0 Å². The maximum atomic E-state index is 12.3. The highest BCUT2D eigenvalue weighted by Crippen LogP contribution is 2.32. The fourth-order valence-electron chi connectivity index (χ4n) is 4.22. The molecule has 3 aromatic carbocycles. The summed E-state index contributed by atoms with van der Waals surface area (Å²) in [7, 11) is 0. The largest absolute Gasteiger partial charge is 0.477 e. The first kappa shape index (κ1) is 20.2. The molecule has 0 saturated heterocycles. The highest BCUT2D eigenvalue weighted by atomic mass is 16.7. The molecule has 5 rings (SSSR count). The number of aromatic carboxylic acids is 1. The zero-order chi connectivity index (χ0) is 22.1. The van der Waals surface area contributed by atoms with Crippen molar-refractivity contribution in [1.82, 2.24) is 9.88 Å². The fraction of sp³-hybridized carbons (Fsp3) is 0.192. The number of carbonyl (C=O) groups is 1. The number of rotatable bonds is 7. The van der Waals surface area contributed by atoms with Crippen molar-refractivity contribution in [3.05, 3.63) is 94.7 Å². The molecule has 6 heteroatoms. The van der Waals surface area contributed by atoms with E-state index >= 15 is 0 Å². The van der Waals surface area contributed by atoms with Gasteiger partial charge in [0.2, 0.25) is 6.79 Å². The Morgan fingerprint density at radius 2 is 1.72 bits per heavy atom. The number of aryl methyl sites for hydroxylation is 1. The predicted molar refractivity (Wildman–Crippen MR) is 122 cm³/mol. The summed E-state index contributed by atoms with van der Waals surface area (Å²) in [4.78, 5) is 12.3. The van der Waals surface area contributed by atoms with E-state index in [4.69, 9.17) is 9.47 Å². The lowest BCUT2D eigenvalue weighted by molar-refractivity contribution is 0.0684. The molecule has 0 atom stereocenters. The molecule has 0 spiro atoms. The number of benzene rings is 3. The highest BCUT2D eigenvalue weighted by molar-refractivity contribution is 5.98. The van der Waals surface area contributed by atoms with E-state index in [2.05, 4.69) is 17.4 Å². The van der Waals surface area contributed by atoms with Crippen LogP contribution in [-0.4, -0.2) is 22.4 Å². The van der Waals surface area contributed by atoms with Crippen molar-refractivity contribution < 1.29 is 19.4 Å². The third kappa shape index (κ3) is 3.81. The second-order valence-electron chi connectivity index (χ2n) is 8.01. The molecule has 2 N–H and O–H groups in total. The molecule has 2 heterocycles. The van der Waals surface area contributed by atoms with E-state index in [1.807, 2.05) is 66.1 Å². The third-order valence-corrected chi connectivity index (χ3v) is 5.81. The number of hydrogen-bond acceptors (Lipinski definition) is 4. The topological polar surface area (TPSA) is 72.7 Å². The van der Waals surface area contributed by atoms with Gasteiger partial charge in [0, 0.05) is 36.1 Å². The van der Waals surface area contributed by atoms with E-state index < -0.39 is 5.97 Å². The molecule has 1 aromatic heterocycles.